The number of alkyl halides is 3. The summed E-state index contributed by atoms with van der Waals surface area (Å²) in [6.45, 7) is 8.53. The molecule has 1 heterocycles. The molecule has 3 aliphatic rings. The van der Waals surface area contributed by atoms with Crippen molar-refractivity contribution < 1.29 is 46.7 Å². The van der Waals surface area contributed by atoms with Gasteiger partial charge < -0.3 is 36.4 Å². The van der Waals surface area contributed by atoms with Gasteiger partial charge in [0, 0.05) is 37.1 Å². The molecule has 2 aliphatic carbocycles. The zero-order valence-electron chi connectivity index (χ0n) is 38.7. The van der Waals surface area contributed by atoms with Crippen LogP contribution in [0.4, 0.5) is 13.2 Å². The highest BCUT2D eigenvalue weighted by Gasteiger charge is 2.60. The van der Waals surface area contributed by atoms with E-state index in [1.165, 1.54) is 37.7 Å². The summed E-state index contributed by atoms with van der Waals surface area (Å²) in [5.74, 6) is -5.20. The van der Waals surface area contributed by atoms with Crippen LogP contribution in [0.5, 0.6) is 0 Å². The average molecular weight is 959 g/mol. The Labute approximate surface area is 391 Å². The molecule has 5 N–H and O–H groups in total. The van der Waals surface area contributed by atoms with Crippen LogP contribution in [0, 0.1) is 17.3 Å². The molecule has 4 rings (SSSR count). The second-order valence-electron chi connectivity index (χ2n) is 19.1. The first-order chi connectivity index (χ1) is 30.4. The minimum Gasteiger partial charge on any atom is -0.354 e. The molecule has 364 valence electrons. The normalized spacial score (nSPS) is 23.6. The second kappa shape index (κ2) is 23.1. The van der Waals surface area contributed by atoms with Crippen molar-refractivity contribution in [3.63, 3.8) is 0 Å². The van der Waals surface area contributed by atoms with Crippen molar-refractivity contribution in [3.8, 4) is 0 Å². The maximum absolute atomic E-state index is 14.6. The van der Waals surface area contributed by atoms with E-state index in [1.54, 1.807) is 25.1 Å². The van der Waals surface area contributed by atoms with E-state index >= 15 is 0 Å². The van der Waals surface area contributed by atoms with Gasteiger partial charge in [-0.2, -0.15) is 13.2 Å². The molecule has 0 aromatic heterocycles. The lowest BCUT2D eigenvalue weighted by atomic mass is 9.72. The van der Waals surface area contributed by atoms with E-state index in [2.05, 4.69) is 26.6 Å². The molecule has 0 bridgehead atoms. The van der Waals surface area contributed by atoms with Gasteiger partial charge in [-0.25, -0.2) is 0 Å². The summed E-state index contributed by atoms with van der Waals surface area (Å²) in [7, 11) is 2.84. The average Bonchev–Trinajstić information content (AvgIpc) is 3.22. The first-order valence-electron chi connectivity index (χ1n) is 23.0. The van der Waals surface area contributed by atoms with Crippen molar-refractivity contribution >= 4 is 64.6 Å². The van der Waals surface area contributed by atoms with Gasteiger partial charge in [-0.1, -0.05) is 82.5 Å². The molecule has 2 saturated carbocycles. The molecule has 1 aromatic rings. The van der Waals surface area contributed by atoms with Gasteiger partial charge in [0.1, 0.15) is 41.2 Å². The van der Waals surface area contributed by atoms with E-state index in [0.29, 0.717) is 34.9 Å². The molecule has 0 spiro atoms. The Kier molecular flexibility index (Phi) is 19.0. The summed E-state index contributed by atoms with van der Waals surface area (Å²) in [5, 5.41) is 14.2. The third kappa shape index (κ3) is 13.7. The molecular weight excluding hydrogens is 890 g/mol. The number of nitrogens with zero attached hydrogens (tertiary/aromatic N) is 2. The lowest BCUT2D eigenvalue weighted by Crippen LogP contribution is -2.62. The molecule has 1 saturated heterocycles. The Balaban J connectivity index is 1.65. The highest BCUT2D eigenvalue weighted by atomic mass is 35.5. The molecule has 5 atom stereocenters. The van der Waals surface area contributed by atoms with Crippen LogP contribution in [0.15, 0.2) is 18.2 Å². The smallest absolute Gasteiger partial charge is 0.354 e. The number of benzene rings is 1. The molecule has 0 unspecified atom stereocenters. The summed E-state index contributed by atoms with van der Waals surface area (Å²) in [6.07, 6.45) is -1.07. The molecule has 7 amide bonds. The van der Waals surface area contributed by atoms with Gasteiger partial charge >= 0.3 is 6.18 Å². The summed E-state index contributed by atoms with van der Waals surface area (Å²) >= 11 is 12.8. The molecule has 1 aliphatic heterocycles. The van der Waals surface area contributed by atoms with Crippen LogP contribution in [-0.2, 0) is 40.0 Å². The molecule has 14 nitrogen and oxygen atoms in total. The Morgan fingerprint density at radius 2 is 1.57 bits per heavy atom. The SMILES string of the molecule is CC[C@H](NC(=O)C1(C(F)(F)F)CCCCC1)C(=O)N[C@@H](CC1CCC1)C(=O)N(C)[C@H]1CCCCNC(=O)C(C)(C)NC(=O)[C@H](Cc2cc(Cl)ccc2Cl)N(C)C(=O)[C@H](CC(C)C)NC1=O. The van der Waals surface area contributed by atoms with E-state index in [9.17, 15) is 46.7 Å². The lowest BCUT2D eigenvalue weighted by molar-refractivity contribution is -0.230. The highest BCUT2D eigenvalue weighted by molar-refractivity contribution is 6.33. The van der Waals surface area contributed by atoms with Crippen LogP contribution in [0.2, 0.25) is 10.0 Å². The lowest BCUT2D eigenvalue weighted by Gasteiger charge is -2.38. The summed E-state index contributed by atoms with van der Waals surface area (Å²) in [5.41, 5.74) is -3.56. The molecular formula is C46H68Cl2F3N7O7. The topological polar surface area (TPSA) is 186 Å². The van der Waals surface area contributed by atoms with Crippen molar-refractivity contribution in [2.45, 2.75) is 173 Å². The Morgan fingerprint density at radius 3 is 2.15 bits per heavy atom. The maximum atomic E-state index is 14.6. The predicted octanol–water partition coefficient (Wildman–Crippen LogP) is 6.00. The summed E-state index contributed by atoms with van der Waals surface area (Å²) in [6, 6.07) is -1.40. The molecule has 0 radical (unpaired) electrons. The van der Waals surface area contributed by atoms with Crippen molar-refractivity contribution in [2.75, 3.05) is 20.6 Å². The van der Waals surface area contributed by atoms with Crippen LogP contribution < -0.4 is 26.6 Å². The van der Waals surface area contributed by atoms with Gasteiger partial charge in [0.15, 0.2) is 0 Å². The number of carbonyl (C=O) groups is 7. The maximum Gasteiger partial charge on any atom is 0.403 e. The second-order valence-corrected chi connectivity index (χ2v) is 19.9. The largest absolute Gasteiger partial charge is 0.403 e. The van der Waals surface area contributed by atoms with Gasteiger partial charge in [-0.05, 0) is 101 Å². The van der Waals surface area contributed by atoms with E-state index in [4.69, 9.17) is 23.2 Å². The van der Waals surface area contributed by atoms with Crippen LogP contribution >= 0.6 is 23.2 Å². The zero-order chi connectivity index (χ0) is 48.4. The predicted molar refractivity (Wildman–Crippen MR) is 241 cm³/mol. The van der Waals surface area contributed by atoms with Gasteiger partial charge in [0.05, 0.1) is 0 Å². The first-order valence-corrected chi connectivity index (χ1v) is 23.7. The first kappa shape index (κ1) is 53.5. The van der Waals surface area contributed by atoms with Gasteiger partial charge in [-0.3, -0.25) is 33.6 Å². The number of rotatable bonds is 13. The quantitative estimate of drug-likeness (QED) is 0.161. The number of nitrogens with one attached hydrogen (secondary N) is 5. The number of amides is 7. The number of halogens is 5. The number of likely N-dealkylation sites (N-methyl/N-ethyl adjacent to an activating group) is 2. The van der Waals surface area contributed by atoms with Gasteiger partial charge in [0.25, 0.3) is 0 Å². The van der Waals surface area contributed by atoms with Gasteiger partial charge in [0.2, 0.25) is 41.4 Å². The Bertz CT molecular complexity index is 1890. The van der Waals surface area contributed by atoms with Crippen molar-refractivity contribution in [1.82, 2.24) is 36.4 Å². The number of carbonyl (C=O) groups excluding carboxylic acids is 7. The van der Waals surface area contributed by atoms with E-state index in [1.807, 2.05) is 13.8 Å². The minimum absolute atomic E-state index is 0.0429. The Hall–Kier alpha value is -4.12. The van der Waals surface area contributed by atoms with E-state index in [0.717, 1.165) is 19.3 Å². The van der Waals surface area contributed by atoms with Crippen LogP contribution in [0.3, 0.4) is 0 Å². The summed E-state index contributed by atoms with van der Waals surface area (Å²) < 4.78 is 43.3. The molecule has 65 heavy (non-hydrogen) atoms. The summed E-state index contributed by atoms with van der Waals surface area (Å²) in [4.78, 5) is 101. The van der Waals surface area contributed by atoms with Crippen molar-refractivity contribution in [2.24, 2.45) is 17.3 Å². The fraction of sp³-hybridized carbons (Fsp3) is 0.717. The minimum atomic E-state index is -4.82. The van der Waals surface area contributed by atoms with Crippen LogP contribution in [0.1, 0.15) is 130 Å². The highest BCUT2D eigenvalue weighted by Crippen LogP contribution is 2.49. The fourth-order valence-electron chi connectivity index (χ4n) is 8.91. The number of hydrogen-bond acceptors (Lipinski definition) is 7. The third-order valence-corrected chi connectivity index (χ3v) is 13.9. The zero-order valence-corrected chi connectivity index (χ0v) is 40.2. The standard InChI is InChI=1S/C46H68Cl2F3N7O7/c1-8-32(55-43(65)45(46(49,50)51)20-11-9-12-21-45)37(59)53-34(24-28-15-14-16-28)41(63)57(6)35-17-10-13-22-52-42(64)44(4,5)56-39(61)36(26-29-25-30(47)18-19-31(29)48)58(7)40(62)33(23-27(2)3)54-38(35)60/h18-19,25,27-28,32-36H,8-17,20-24,26H2,1-7H3,(H,52,64)(H,53,59)(H,54,60)(H,55,65)(H,56,61)/t32-,33-,34-,35-,36-/m0/s1. The van der Waals surface area contributed by atoms with Gasteiger partial charge in [-0.15, -0.1) is 0 Å². The molecule has 19 heteroatoms. The van der Waals surface area contributed by atoms with Crippen LogP contribution in [-0.4, -0.2) is 114 Å². The van der Waals surface area contributed by atoms with E-state index in [-0.39, 0.29) is 76.2 Å². The van der Waals surface area contributed by atoms with Crippen molar-refractivity contribution in [1.29, 1.82) is 0 Å². The van der Waals surface area contributed by atoms with Crippen molar-refractivity contribution in [3.05, 3.63) is 33.8 Å². The molecule has 1 aromatic carbocycles. The molecule has 3 fully saturated rings. The van der Waals surface area contributed by atoms with E-state index < -0.39 is 88.7 Å². The number of hydrogen-bond donors (Lipinski definition) is 5. The monoisotopic (exact) mass is 957 g/mol. The fourth-order valence-corrected chi connectivity index (χ4v) is 9.30. The third-order valence-electron chi connectivity index (χ3n) is 13.3. The Morgan fingerprint density at radius 1 is 0.908 bits per heavy atom. The van der Waals surface area contributed by atoms with Crippen LogP contribution in [0.25, 0.3) is 0 Å².